The van der Waals surface area contributed by atoms with E-state index in [1.165, 1.54) is 6.20 Å². The van der Waals surface area contributed by atoms with Gasteiger partial charge in [-0.1, -0.05) is 0 Å². The normalized spacial score (nSPS) is 11.9. The lowest BCUT2D eigenvalue weighted by atomic mass is 10.2. The quantitative estimate of drug-likeness (QED) is 0.496. The fourth-order valence-corrected chi connectivity index (χ4v) is 1.38. The van der Waals surface area contributed by atoms with Crippen LogP contribution in [0.1, 0.15) is 23.7 Å². The number of amides is 1. The molecule has 0 aliphatic heterocycles. The van der Waals surface area contributed by atoms with Crippen molar-refractivity contribution in [2.75, 3.05) is 19.1 Å². The lowest BCUT2D eigenvalue weighted by Crippen LogP contribution is -2.34. The summed E-state index contributed by atoms with van der Waals surface area (Å²) in [6.07, 6.45) is 3.82. The fraction of sp³-hybridized carbons (Fsp3) is 0.455. The van der Waals surface area contributed by atoms with Gasteiger partial charge in [0.05, 0.1) is 17.4 Å². The number of nitrogens with zero attached hydrogens (tertiary/aromatic N) is 1. The number of anilines is 1. The van der Waals surface area contributed by atoms with E-state index in [-0.39, 0.29) is 11.9 Å². The molecule has 0 spiro atoms. The highest BCUT2D eigenvalue weighted by molar-refractivity contribution is 5.99. The first kappa shape index (κ1) is 13.4. The Hall–Kier alpha value is -1.66. The van der Waals surface area contributed by atoms with E-state index in [9.17, 15) is 4.79 Å². The van der Waals surface area contributed by atoms with Crippen LogP contribution in [0.15, 0.2) is 18.5 Å². The molecule has 0 aliphatic rings. The zero-order chi connectivity index (χ0) is 12.7. The molecule has 0 saturated heterocycles. The first-order chi connectivity index (χ1) is 8.19. The van der Waals surface area contributed by atoms with Gasteiger partial charge in [-0.2, -0.15) is 0 Å². The van der Waals surface area contributed by atoms with E-state index in [2.05, 4.69) is 15.7 Å². The first-order valence-corrected chi connectivity index (χ1v) is 5.39. The van der Waals surface area contributed by atoms with Crippen LogP contribution in [0.4, 0.5) is 5.69 Å². The summed E-state index contributed by atoms with van der Waals surface area (Å²) in [5.41, 5.74) is 3.43. The van der Waals surface area contributed by atoms with Crippen LogP contribution in [-0.2, 0) is 4.74 Å². The van der Waals surface area contributed by atoms with Gasteiger partial charge in [-0.05, 0) is 19.4 Å². The summed E-state index contributed by atoms with van der Waals surface area (Å²) in [6.45, 7) is 2.54. The van der Waals surface area contributed by atoms with Crippen LogP contribution >= 0.6 is 0 Å². The molecule has 6 heteroatoms. The molecule has 4 N–H and O–H groups in total. The van der Waals surface area contributed by atoms with E-state index in [1.54, 1.807) is 19.4 Å². The summed E-state index contributed by atoms with van der Waals surface area (Å²) >= 11 is 0. The van der Waals surface area contributed by atoms with Gasteiger partial charge in [-0.3, -0.25) is 15.6 Å². The lowest BCUT2D eigenvalue weighted by Gasteiger charge is -2.14. The van der Waals surface area contributed by atoms with Gasteiger partial charge in [0, 0.05) is 26.0 Å². The van der Waals surface area contributed by atoms with E-state index >= 15 is 0 Å². The number of carbonyl (C=O) groups excluding carboxylic acids is 1. The Balaban J connectivity index is 2.63. The molecule has 0 bridgehead atoms. The second-order valence-electron chi connectivity index (χ2n) is 3.72. The molecule has 1 atom stereocenters. The van der Waals surface area contributed by atoms with Crippen LogP contribution in [0.5, 0.6) is 0 Å². The van der Waals surface area contributed by atoms with E-state index in [0.29, 0.717) is 17.9 Å². The molecule has 1 unspecified atom stereocenters. The number of aromatic nitrogens is 1. The van der Waals surface area contributed by atoms with Gasteiger partial charge >= 0.3 is 0 Å². The van der Waals surface area contributed by atoms with Crippen molar-refractivity contribution in [2.24, 2.45) is 5.84 Å². The molecule has 0 radical (unpaired) electrons. The first-order valence-electron chi connectivity index (χ1n) is 5.39. The number of nitrogens with one attached hydrogen (secondary N) is 2. The topological polar surface area (TPSA) is 89.3 Å². The number of nitrogens with two attached hydrogens (primary N) is 1. The molecule has 1 aromatic rings. The largest absolute Gasteiger partial charge is 0.385 e. The van der Waals surface area contributed by atoms with Gasteiger partial charge in [0.15, 0.2) is 0 Å². The van der Waals surface area contributed by atoms with Crippen molar-refractivity contribution < 1.29 is 9.53 Å². The molecule has 0 aromatic carbocycles. The minimum atomic E-state index is -0.177. The second-order valence-corrected chi connectivity index (χ2v) is 3.72. The zero-order valence-electron chi connectivity index (χ0n) is 10.1. The van der Waals surface area contributed by atoms with Crippen LogP contribution in [0, 0.1) is 0 Å². The van der Waals surface area contributed by atoms with E-state index in [1.807, 2.05) is 6.92 Å². The Labute approximate surface area is 101 Å². The van der Waals surface area contributed by atoms with E-state index in [4.69, 9.17) is 10.6 Å². The molecule has 6 nitrogen and oxygen atoms in total. The van der Waals surface area contributed by atoms with Crippen molar-refractivity contribution in [1.29, 1.82) is 0 Å². The molecule has 0 saturated carbocycles. The number of hydrogen-bond donors (Lipinski definition) is 3. The molecule has 1 amide bonds. The standard InChI is InChI=1S/C11H18N4O2/c1-8(4-6-17-2)14-11(16)9-3-5-13-7-10(9)15-12/h3,5,7-8,15H,4,6,12H2,1-2H3,(H,14,16). The molecule has 17 heavy (non-hydrogen) atoms. The minimum Gasteiger partial charge on any atom is -0.385 e. The van der Waals surface area contributed by atoms with Crippen molar-refractivity contribution in [2.45, 2.75) is 19.4 Å². The average molecular weight is 238 g/mol. The van der Waals surface area contributed by atoms with Gasteiger partial charge < -0.3 is 15.5 Å². The molecule has 0 aliphatic carbocycles. The molecule has 1 heterocycles. The van der Waals surface area contributed by atoms with Crippen LogP contribution in [-0.4, -0.2) is 30.6 Å². The monoisotopic (exact) mass is 238 g/mol. The third-order valence-electron chi connectivity index (χ3n) is 2.35. The second kappa shape index (κ2) is 6.82. The number of ether oxygens (including phenoxy) is 1. The van der Waals surface area contributed by atoms with Crippen molar-refractivity contribution >= 4 is 11.6 Å². The number of methoxy groups -OCH3 is 1. The highest BCUT2D eigenvalue weighted by atomic mass is 16.5. The van der Waals surface area contributed by atoms with Crippen molar-refractivity contribution in [3.05, 3.63) is 24.0 Å². The van der Waals surface area contributed by atoms with Gasteiger partial charge in [0.2, 0.25) is 0 Å². The van der Waals surface area contributed by atoms with E-state index < -0.39 is 0 Å². The van der Waals surface area contributed by atoms with Crippen LogP contribution in [0.25, 0.3) is 0 Å². The molecular formula is C11H18N4O2. The fourth-order valence-electron chi connectivity index (χ4n) is 1.38. The van der Waals surface area contributed by atoms with Crippen molar-refractivity contribution in [3.8, 4) is 0 Å². The number of pyridine rings is 1. The summed E-state index contributed by atoms with van der Waals surface area (Å²) in [7, 11) is 1.63. The zero-order valence-corrected chi connectivity index (χ0v) is 10.1. The number of hydrazine groups is 1. The van der Waals surface area contributed by atoms with Gasteiger partial charge in [-0.15, -0.1) is 0 Å². The lowest BCUT2D eigenvalue weighted by molar-refractivity contribution is 0.0930. The Morgan fingerprint density at radius 1 is 1.65 bits per heavy atom. The highest BCUT2D eigenvalue weighted by Crippen LogP contribution is 2.11. The Bertz CT molecular complexity index is 370. The average Bonchev–Trinajstić information content (AvgIpc) is 2.36. The molecule has 0 fully saturated rings. The maximum atomic E-state index is 11.9. The smallest absolute Gasteiger partial charge is 0.253 e. The minimum absolute atomic E-state index is 0.0428. The summed E-state index contributed by atoms with van der Waals surface area (Å²) in [6, 6.07) is 1.66. The van der Waals surface area contributed by atoms with Gasteiger partial charge in [0.1, 0.15) is 0 Å². The number of rotatable bonds is 6. The summed E-state index contributed by atoms with van der Waals surface area (Å²) in [5.74, 6) is 5.13. The molecule has 94 valence electrons. The maximum Gasteiger partial charge on any atom is 0.253 e. The Kier molecular flexibility index (Phi) is 5.38. The number of hydrogen-bond acceptors (Lipinski definition) is 5. The molecular weight excluding hydrogens is 220 g/mol. The summed E-state index contributed by atoms with van der Waals surface area (Å²) in [4.78, 5) is 15.8. The number of nitrogen functional groups attached to an aromatic ring is 1. The maximum absolute atomic E-state index is 11.9. The number of carbonyl (C=O) groups is 1. The molecule has 1 aromatic heterocycles. The highest BCUT2D eigenvalue weighted by Gasteiger charge is 2.13. The summed E-state index contributed by atoms with van der Waals surface area (Å²) in [5, 5.41) is 2.86. The van der Waals surface area contributed by atoms with Crippen molar-refractivity contribution in [1.82, 2.24) is 10.3 Å². The van der Waals surface area contributed by atoms with Gasteiger partial charge in [0.25, 0.3) is 5.91 Å². The van der Waals surface area contributed by atoms with Crippen LogP contribution in [0.2, 0.25) is 0 Å². The Morgan fingerprint density at radius 2 is 2.41 bits per heavy atom. The SMILES string of the molecule is COCCC(C)NC(=O)c1ccncc1NN. The predicted molar refractivity (Wildman–Crippen MR) is 65.5 cm³/mol. The predicted octanol–water partition coefficient (Wildman–Crippen LogP) is 0.522. The van der Waals surface area contributed by atoms with Crippen LogP contribution < -0.4 is 16.6 Å². The third-order valence-corrected chi connectivity index (χ3v) is 2.35. The third kappa shape index (κ3) is 4.01. The Morgan fingerprint density at radius 3 is 3.06 bits per heavy atom. The van der Waals surface area contributed by atoms with Gasteiger partial charge in [-0.25, -0.2) is 0 Å². The van der Waals surface area contributed by atoms with Crippen LogP contribution in [0.3, 0.4) is 0 Å². The van der Waals surface area contributed by atoms with E-state index in [0.717, 1.165) is 6.42 Å². The molecule has 1 rings (SSSR count). The van der Waals surface area contributed by atoms with Crippen molar-refractivity contribution in [3.63, 3.8) is 0 Å². The summed E-state index contributed by atoms with van der Waals surface area (Å²) < 4.78 is 4.95.